The minimum absolute atomic E-state index is 0.568. The molecule has 0 heterocycles. The van der Waals surface area contributed by atoms with E-state index in [0.29, 0.717) is 6.04 Å². The Morgan fingerprint density at radius 3 is 2.68 bits per heavy atom. The number of methoxy groups -OCH3 is 2. The summed E-state index contributed by atoms with van der Waals surface area (Å²) < 4.78 is 10.7. The van der Waals surface area contributed by atoms with Crippen LogP contribution in [0.5, 0.6) is 11.5 Å². The van der Waals surface area contributed by atoms with Gasteiger partial charge in [0.25, 0.3) is 0 Å². The minimum atomic E-state index is 0.568. The summed E-state index contributed by atoms with van der Waals surface area (Å²) in [6, 6.07) is 15.6. The second-order valence-corrected chi connectivity index (χ2v) is 5.83. The Hall–Kier alpha value is -2.00. The lowest BCUT2D eigenvalue weighted by molar-refractivity contribution is -0.712. The minimum Gasteiger partial charge on any atom is -0.493 e. The Kier molecular flexibility index (Phi) is 4.64. The van der Waals surface area contributed by atoms with Crippen molar-refractivity contribution >= 4 is 0 Å². The van der Waals surface area contributed by atoms with Crippen molar-refractivity contribution in [2.75, 3.05) is 14.2 Å². The fraction of sp³-hybridized carbons (Fsp3) is 0.368. The van der Waals surface area contributed by atoms with E-state index in [-0.39, 0.29) is 0 Å². The van der Waals surface area contributed by atoms with Gasteiger partial charge in [-0.1, -0.05) is 24.3 Å². The van der Waals surface area contributed by atoms with Gasteiger partial charge in [0.2, 0.25) is 0 Å². The summed E-state index contributed by atoms with van der Waals surface area (Å²) in [5, 5.41) is 2.44. The Labute approximate surface area is 132 Å². The average Bonchev–Trinajstić information content (AvgIpc) is 2.59. The van der Waals surface area contributed by atoms with Crippen LogP contribution in [0, 0.1) is 0 Å². The van der Waals surface area contributed by atoms with Gasteiger partial charge in [-0.05, 0) is 36.6 Å². The molecule has 0 amide bonds. The molecule has 116 valence electrons. The van der Waals surface area contributed by atoms with Crippen molar-refractivity contribution in [3.63, 3.8) is 0 Å². The van der Waals surface area contributed by atoms with Crippen molar-refractivity contribution in [3.05, 3.63) is 59.2 Å². The van der Waals surface area contributed by atoms with Crippen LogP contribution >= 0.6 is 0 Å². The highest BCUT2D eigenvalue weighted by Crippen LogP contribution is 2.28. The standard InChI is InChI=1S/C19H23NO2/c1-21-18-11-10-14(12-19(18)22-2)13-20-17-9-5-7-15-6-3-4-8-16(15)17/h3-4,6,8,10-12,17,20H,5,7,9,13H2,1-2H3/p+1/t17-/m0/s1. The molecule has 2 N–H and O–H groups in total. The number of hydrogen-bond donors (Lipinski definition) is 1. The van der Waals surface area contributed by atoms with Crippen LogP contribution in [-0.4, -0.2) is 14.2 Å². The molecule has 0 fully saturated rings. The van der Waals surface area contributed by atoms with E-state index in [0.717, 1.165) is 18.0 Å². The zero-order valence-electron chi connectivity index (χ0n) is 13.3. The predicted octanol–water partition coefficient (Wildman–Crippen LogP) is 2.84. The lowest BCUT2D eigenvalue weighted by atomic mass is 9.87. The van der Waals surface area contributed by atoms with Gasteiger partial charge in [0.15, 0.2) is 11.5 Å². The van der Waals surface area contributed by atoms with Crippen LogP contribution in [0.1, 0.15) is 35.6 Å². The van der Waals surface area contributed by atoms with E-state index in [1.807, 2.05) is 6.07 Å². The van der Waals surface area contributed by atoms with E-state index >= 15 is 0 Å². The number of quaternary nitrogens is 1. The molecule has 0 radical (unpaired) electrons. The second kappa shape index (κ2) is 6.84. The highest BCUT2D eigenvalue weighted by molar-refractivity contribution is 5.42. The number of ether oxygens (including phenoxy) is 2. The van der Waals surface area contributed by atoms with Crippen molar-refractivity contribution in [3.8, 4) is 11.5 Å². The Morgan fingerprint density at radius 2 is 1.86 bits per heavy atom. The summed E-state index contributed by atoms with van der Waals surface area (Å²) >= 11 is 0. The first kappa shape index (κ1) is 14.9. The molecule has 1 atom stereocenters. The zero-order chi connectivity index (χ0) is 15.4. The summed E-state index contributed by atoms with van der Waals surface area (Å²) in [6.07, 6.45) is 3.76. The van der Waals surface area contributed by atoms with Crippen molar-refractivity contribution < 1.29 is 14.8 Å². The summed E-state index contributed by atoms with van der Waals surface area (Å²) in [7, 11) is 3.35. The van der Waals surface area contributed by atoms with Gasteiger partial charge in [0, 0.05) is 17.5 Å². The lowest BCUT2D eigenvalue weighted by Gasteiger charge is -2.23. The van der Waals surface area contributed by atoms with Gasteiger partial charge in [-0.15, -0.1) is 0 Å². The summed E-state index contributed by atoms with van der Waals surface area (Å²) in [5.74, 6) is 1.59. The number of rotatable bonds is 5. The Bertz CT molecular complexity index is 639. The van der Waals surface area contributed by atoms with Gasteiger partial charge >= 0.3 is 0 Å². The van der Waals surface area contributed by atoms with Gasteiger partial charge in [0.05, 0.1) is 14.2 Å². The Morgan fingerprint density at radius 1 is 1.05 bits per heavy atom. The van der Waals surface area contributed by atoms with Crippen molar-refractivity contribution in [2.24, 2.45) is 0 Å². The van der Waals surface area contributed by atoms with Crippen molar-refractivity contribution in [1.82, 2.24) is 0 Å². The van der Waals surface area contributed by atoms with Crippen LogP contribution in [-0.2, 0) is 13.0 Å². The van der Waals surface area contributed by atoms with Crippen LogP contribution in [0.2, 0.25) is 0 Å². The molecular formula is C19H24NO2+. The van der Waals surface area contributed by atoms with Gasteiger partial charge in [0.1, 0.15) is 12.6 Å². The molecule has 0 aromatic heterocycles. The third-order valence-electron chi connectivity index (χ3n) is 4.50. The topological polar surface area (TPSA) is 35.1 Å². The SMILES string of the molecule is COc1ccc(C[NH2+][C@H]2CCCc3ccccc32)cc1OC. The molecular weight excluding hydrogens is 274 g/mol. The van der Waals surface area contributed by atoms with Crippen LogP contribution in [0.15, 0.2) is 42.5 Å². The first-order valence-corrected chi connectivity index (χ1v) is 7.94. The van der Waals surface area contributed by atoms with Gasteiger partial charge in [-0.3, -0.25) is 0 Å². The molecule has 2 aromatic carbocycles. The molecule has 0 aliphatic heterocycles. The molecule has 22 heavy (non-hydrogen) atoms. The summed E-state index contributed by atoms with van der Waals surface area (Å²) in [5.41, 5.74) is 4.29. The number of nitrogens with two attached hydrogens (primary N) is 1. The van der Waals surface area contributed by atoms with Crippen LogP contribution in [0.4, 0.5) is 0 Å². The number of hydrogen-bond acceptors (Lipinski definition) is 2. The predicted molar refractivity (Wildman–Crippen MR) is 87.3 cm³/mol. The van der Waals surface area contributed by atoms with Gasteiger partial charge in [-0.25, -0.2) is 0 Å². The molecule has 0 bridgehead atoms. The zero-order valence-corrected chi connectivity index (χ0v) is 13.3. The van der Waals surface area contributed by atoms with Gasteiger partial charge in [-0.2, -0.15) is 0 Å². The highest BCUT2D eigenvalue weighted by atomic mass is 16.5. The molecule has 0 unspecified atom stereocenters. The normalized spacial score (nSPS) is 16.9. The highest BCUT2D eigenvalue weighted by Gasteiger charge is 2.22. The first-order chi connectivity index (χ1) is 10.8. The van der Waals surface area contributed by atoms with Gasteiger partial charge < -0.3 is 14.8 Å². The van der Waals surface area contributed by atoms with Crippen LogP contribution < -0.4 is 14.8 Å². The quantitative estimate of drug-likeness (QED) is 0.921. The third kappa shape index (κ3) is 3.09. The largest absolute Gasteiger partial charge is 0.493 e. The van der Waals surface area contributed by atoms with E-state index in [1.165, 1.54) is 36.0 Å². The number of benzene rings is 2. The molecule has 0 spiro atoms. The molecule has 1 aliphatic carbocycles. The smallest absolute Gasteiger partial charge is 0.161 e. The van der Waals surface area contributed by atoms with E-state index in [4.69, 9.17) is 9.47 Å². The molecule has 0 saturated heterocycles. The molecule has 3 rings (SSSR count). The average molecular weight is 298 g/mol. The molecule has 0 saturated carbocycles. The monoisotopic (exact) mass is 298 g/mol. The maximum atomic E-state index is 5.39. The first-order valence-electron chi connectivity index (χ1n) is 7.94. The van der Waals surface area contributed by atoms with Crippen LogP contribution in [0.3, 0.4) is 0 Å². The van der Waals surface area contributed by atoms with E-state index in [2.05, 4.69) is 41.7 Å². The van der Waals surface area contributed by atoms with Crippen molar-refractivity contribution in [1.29, 1.82) is 0 Å². The van der Waals surface area contributed by atoms with Crippen molar-refractivity contribution in [2.45, 2.75) is 31.8 Å². The maximum absolute atomic E-state index is 5.39. The number of aryl methyl sites for hydroxylation is 1. The number of fused-ring (bicyclic) bond motifs is 1. The Balaban J connectivity index is 1.71. The molecule has 1 aliphatic rings. The molecule has 3 nitrogen and oxygen atoms in total. The fourth-order valence-corrected chi connectivity index (χ4v) is 3.32. The van der Waals surface area contributed by atoms with Crippen LogP contribution in [0.25, 0.3) is 0 Å². The fourth-order valence-electron chi connectivity index (χ4n) is 3.32. The maximum Gasteiger partial charge on any atom is 0.161 e. The molecule has 3 heteroatoms. The van der Waals surface area contributed by atoms with E-state index in [9.17, 15) is 0 Å². The lowest BCUT2D eigenvalue weighted by Crippen LogP contribution is -2.84. The second-order valence-electron chi connectivity index (χ2n) is 5.83. The van der Waals surface area contributed by atoms with E-state index in [1.54, 1.807) is 14.2 Å². The molecule has 2 aromatic rings. The van der Waals surface area contributed by atoms with E-state index < -0.39 is 0 Å². The third-order valence-corrected chi connectivity index (χ3v) is 4.50. The summed E-state index contributed by atoms with van der Waals surface area (Å²) in [4.78, 5) is 0. The summed E-state index contributed by atoms with van der Waals surface area (Å²) in [6.45, 7) is 0.958.